The van der Waals surface area contributed by atoms with Gasteiger partial charge in [0.25, 0.3) is 0 Å². The molecule has 1 aromatic heterocycles. The van der Waals surface area contributed by atoms with Crippen LogP contribution >= 0.6 is 11.3 Å². The zero-order chi connectivity index (χ0) is 12.2. The van der Waals surface area contributed by atoms with E-state index in [4.69, 9.17) is 4.98 Å². The summed E-state index contributed by atoms with van der Waals surface area (Å²) in [7, 11) is 0. The van der Waals surface area contributed by atoms with E-state index < -0.39 is 0 Å². The van der Waals surface area contributed by atoms with Gasteiger partial charge in [-0.2, -0.15) is 0 Å². The van der Waals surface area contributed by atoms with E-state index in [0.717, 1.165) is 19.4 Å². The summed E-state index contributed by atoms with van der Waals surface area (Å²) in [6, 6.07) is 0.523. The van der Waals surface area contributed by atoms with Gasteiger partial charge in [-0.05, 0) is 18.9 Å². The number of nitrogens with one attached hydrogen (secondary N) is 1. The van der Waals surface area contributed by atoms with E-state index in [1.165, 1.54) is 10.7 Å². The topological polar surface area (TPSA) is 24.9 Å². The summed E-state index contributed by atoms with van der Waals surface area (Å²) in [6.45, 7) is 12.2. The van der Waals surface area contributed by atoms with E-state index >= 15 is 0 Å². The molecule has 0 aliphatic carbocycles. The van der Waals surface area contributed by atoms with Gasteiger partial charge in [-0.1, -0.05) is 27.7 Å². The number of rotatable bonds is 5. The molecular formula is C13H24N2S. The highest BCUT2D eigenvalue weighted by Crippen LogP contribution is 2.23. The van der Waals surface area contributed by atoms with Gasteiger partial charge in [-0.15, -0.1) is 11.3 Å². The molecule has 16 heavy (non-hydrogen) atoms. The molecule has 0 aliphatic rings. The molecule has 3 heteroatoms. The summed E-state index contributed by atoms with van der Waals surface area (Å²) in [5.74, 6) is 0. The van der Waals surface area contributed by atoms with Crippen LogP contribution in [0.1, 0.15) is 45.3 Å². The molecule has 1 aromatic rings. The Labute approximate surface area is 103 Å². The van der Waals surface area contributed by atoms with E-state index in [-0.39, 0.29) is 0 Å². The van der Waals surface area contributed by atoms with Crippen molar-refractivity contribution in [3.05, 3.63) is 16.1 Å². The van der Waals surface area contributed by atoms with Crippen molar-refractivity contribution in [2.75, 3.05) is 6.54 Å². The second kappa shape index (κ2) is 5.78. The minimum atomic E-state index is 0.336. The van der Waals surface area contributed by atoms with Gasteiger partial charge in [0.05, 0.1) is 10.7 Å². The first-order chi connectivity index (χ1) is 7.40. The molecular weight excluding hydrogens is 216 g/mol. The van der Waals surface area contributed by atoms with Gasteiger partial charge in [0.2, 0.25) is 0 Å². The molecule has 0 radical (unpaired) electrons. The lowest BCUT2D eigenvalue weighted by molar-refractivity contribution is 0.410. The highest BCUT2D eigenvalue weighted by Gasteiger charge is 2.14. The SMILES string of the molecule is CCNC(C)Cc1csc(CC(C)(C)C)n1. The first-order valence-electron chi connectivity index (χ1n) is 6.07. The predicted molar refractivity (Wildman–Crippen MR) is 72.1 cm³/mol. The van der Waals surface area contributed by atoms with E-state index in [0.29, 0.717) is 11.5 Å². The summed E-state index contributed by atoms with van der Waals surface area (Å²) in [5.41, 5.74) is 1.57. The van der Waals surface area contributed by atoms with Crippen LogP contribution in [0.3, 0.4) is 0 Å². The molecule has 92 valence electrons. The smallest absolute Gasteiger partial charge is 0.0933 e. The summed E-state index contributed by atoms with van der Waals surface area (Å²) >= 11 is 1.80. The van der Waals surface area contributed by atoms with E-state index in [2.05, 4.69) is 45.3 Å². The Morgan fingerprint density at radius 3 is 2.69 bits per heavy atom. The van der Waals surface area contributed by atoms with Crippen LogP contribution in [-0.2, 0) is 12.8 Å². The molecule has 0 amide bonds. The summed E-state index contributed by atoms with van der Waals surface area (Å²) in [4.78, 5) is 4.70. The molecule has 0 saturated heterocycles. The van der Waals surface area contributed by atoms with E-state index in [9.17, 15) is 0 Å². The molecule has 1 unspecified atom stereocenters. The second-order valence-corrected chi connectivity index (χ2v) is 6.58. The Bertz CT molecular complexity index is 312. The van der Waals surface area contributed by atoms with Crippen LogP contribution in [0.4, 0.5) is 0 Å². The van der Waals surface area contributed by atoms with Crippen molar-refractivity contribution in [1.82, 2.24) is 10.3 Å². The second-order valence-electron chi connectivity index (χ2n) is 5.63. The largest absolute Gasteiger partial charge is 0.314 e. The molecule has 2 nitrogen and oxygen atoms in total. The van der Waals surface area contributed by atoms with Crippen LogP contribution in [0, 0.1) is 5.41 Å². The molecule has 0 saturated carbocycles. The van der Waals surface area contributed by atoms with Crippen molar-refractivity contribution in [1.29, 1.82) is 0 Å². The molecule has 1 N–H and O–H groups in total. The summed E-state index contributed by atoms with van der Waals surface area (Å²) < 4.78 is 0. The number of hydrogen-bond donors (Lipinski definition) is 1. The fourth-order valence-corrected chi connectivity index (χ4v) is 2.82. The average molecular weight is 240 g/mol. The number of thiazole rings is 1. The molecule has 1 heterocycles. The first-order valence-corrected chi connectivity index (χ1v) is 6.95. The van der Waals surface area contributed by atoms with Crippen LogP contribution in [0.2, 0.25) is 0 Å². The molecule has 1 atom stereocenters. The number of likely N-dealkylation sites (N-methyl/N-ethyl adjacent to an activating group) is 1. The maximum atomic E-state index is 4.70. The highest BCUT2D eigenvalue weighted by atomic mass is 32.1. The van der Waals surface area contributed by atoms with Crippen molar-refractivity contribution < 1.29 is 0 Å². The number of hydrogen-bond acceptors (Lipinski definition) is 3. The maximum Gasteiger partial charge on any atom is 0.0933 e. The fourth-order valence-electron chi connectivity index (χ4n) is 1.71. The van der Waals surface area contributed by atoms with Crippen molar-refractivity contribution in [2.24, 2.45) is 5.41 Å². The molecule has 0 aromatic carbocycles. The summed E-state index contributed by atoms with van der Waals surface area (Å²) in [6.07, 6.45) is 2.11. The monoisotopic (exact) mass is 240 g/mol. The molecule has 0 spiro atoms. The molecule has 0 aliphatic heterocycles. The van der Waals surface area contributed by atoms with Crippen molar-refractivity contribution in [3.63, 3.8) is 0 Å². The molecule has 0 bridgehead atoms. The van der Waals surface area contributed by atoms with Gasteiger partial charge < -0.3 is 5.32 Å². The zero-order valence-electron chi connectivity index (χ0n) is 11.1. The van der Waals surface area contributed by atoms with Crippen LogP contribution in [0.15, 0.2) is 5.38 Å². The minimum Gasteiger partial charge on any atom is -0.314 e. The van der Waals surface area contributed by atoms with E-state index in [1.54, 1.807) is 11.3 Å². The summed E-state index contributed by atoms with van der Waals surface area (Å²) in [5, 5.41) is 6.89. The Kier molecular flexibility index (Phi) is 4.93. The lowest BCUT2D eigenvalue weighted by Crippen LogP contribution is -2.27. The highest BCUT2D eigenvalue weighted by molar-refractivity contribution is 7.09. The van der Waals surface area contributed by atoms with Gasteiger partial charge in [-0.25, -0.2) is 4.98 Å². The average Bonchev–Trinajstić information content (AvgIpc) is 2.49. The van der Waals surface area contributed by atoms with Gasteiger partial charge in [0.15, 0.2) is 0 Å². The predicted octanol–water partition coefficient (Wildman–Crippen LogP) is 3.27. The zero-order valence-corrected chi connectivity index (χ0v) is 11.9. The molecule has 0 fully saturated rings. The van der Waals surface area contributed by atoms with Crippen LogP contribution in [0.5, 0.6) is 0 Å². The van der Waals surface area contributed by atoms with Crippen LogP contribution in [0.25, 0.3) is 0 Å². The van der Waals surface area contributed by atoms with Crippen LogP contribution in [-0.4, -0.2) is 17.6 Å². The Morgan fingerprint density at radius 1 is 1.44 bits per heavy atom. The minimum absolute atomic E-state index is 0.336. The normalized spacial score (nSPS) is 14.1. The third-order valence-corrected chi connectivity index (χ3v) is 3.25. The standard InChI is InChI=1S/C13H24N2S/c1-6-14-10(2)7-11-9-16-12(15-11)8-13(3,4)5/h9-10,14H,6-8H2,1-5H3. The number of nitrogens with zero attached hydrogens (tertiary/aromatic N) is 1. The van der Waals surface area contributed by atoms with Crippen molar-refractivity contribution >= 4 is 11.3 Å². The third kappa shape index (κ3) is 5.08. The Hall–Kier alpha value is -0.410. The van der Waals surface area contributed by atoms with Gasteiger partial charge in [0, 0.05) is 24.3 Å². The van der Waals surface area contributed by atoms with E-state index in [1.807, 2.05) is 0 Å². The molecule has 1 rings (SSSR count). The quantitative estimate of drug-likeness (QED) is 0.854. The number of aromatic nitrogens is 1. The first kappa shape index (κ1) is 13.7. The maximum absolute atomic E-state index is 4.70. The Balaban J connectivity index is 2.51. The lowest BCUT2D eigenvalue weighted by atomic mass is 9.93. The van der Waals surface area contributed by atoms with Gasteiger partial charge in [0.1, 0.15) is 0 Å². The van der Waals surface area contributed by atoms with Crippen molar-refractivity contribution in [3.8, 4) is 0 Å². The fraction of sp³-hybridized carbons (Fsp3) is 0.769. The van der Waals surface area contributed by atoms with Crippen molar-refractivity contribution in [2.45, 2.75) is 53.5 Å². The lowest BCUT2D eigenvalue weighted by Gasteiger charge is -2.15. The third-order valence-electron chi connectivity index (χ3n) is 2.35. The van der Waals surface area contributed by atoms with Gasteiger partial charge >= 0.3 is 0 Å². The van der Waals surface area contributed by atoms with Gasteiger partial charge in [-0.3, -0.25) is 0 Å². The Morgan fingerprint density at radius 2 is 2.12 bits per heavy atom. The van der Waals surface area contributed by atoms with Crippen LogP contribution < -0.4 is 5.32 Å².